The Morgan fingerprint density at radius 1 is 1.21 bits per heavy atom. The Labute approximate surface area is 110 Å². The molecule has 0 bridgehead atoms. The Morgan fingerprint density at radius 3 is 2.53 bits per heavy atom. The Kier molecular flexibility index (Phi) is 3.51. The van der Waals surface area contributed by atoms with Gasteiger partial charge in [-0.25, -0.2) is 9.18 Å². The number of esters is 1. The third kappa shape index (κ3) is 2.57. The number of rotatable bonds is 2. The summed E-state index contributed by atoms with van der Waals surface area (Å²) in [6.07, 6.45) is 0. The molecule has 0 radical (unpaired) electrons. The van der Waals surface area contributed by atoms with Crippen LogP contribution in [0.15, 0.2) is 36.4 Å². The second kappa shape index (κ2) is 5.10. The van der Waals surface area contributed by atoms with Crippen LogP contribution in [0.5, 0.6) is 0 Å². The third-order valence-corrected chi connectivity index (χ3v) is 2.96. The molecule has 2 rings (SSSR count). The summed E-state index contributed by atoms with van der Waals surface area (Å²) in [6.45, 7) is 1.86. The Bertz CT molecular complexity index is 638. The minimum absolute atomic E-state index is 0.118. The fourth-order valence-corrected chi connectivity index (χ4v) is 1.93. The van der Waals surface area contributed by atoms with E-state index in [-0.39, 0.29) is 5.69 Å². The minimum atomic E-state index is -0.450. The predicted molar refractivity (Wildman–Crippen MR) is 72.3 cm³/mol. The maximum atomic E-state index is 13.5. The molecule has 0 atom stereocenters. The molecule has 2 aromatic carbocycles. The van der Waals surface area contributed by atoms with E-state index in [1.165, 1.54) is 19.2 Å². The van der Waals surface area contributed by atoms with E-state index in [1.54, 1.807) is 24.3 Å². The number of hydrogen-bond donors (Lipinski definition) is 1. The topological polar surface area (TPSA) is 52.3 Å². The Morgan fingerprint density at radius 2 is 1.95 bits per heavy atom. The summed E-state index contributed by atoms with van der Waals surface area (Å²) in [6, 6.07) is 9.80. The van der Waals surface area contributed by atoms with Crippen LogP contribution in [0.4, 0.5) is 10.1 Å². The van der Waals surface area contributed by atoms with Gasteiger partial charge in [-0.15, -0.1) is 0 Å². The molecule has 2 aromatic rings. The van der Waals surface area contributed by atoms with Gasteiger partial charge in [-0.1, -0.05) is 12.1 Å². The third-order valence-electron chi connectivity index (χ3n) is 2.96. The summed E-state index contributed by atoms with van der Waals surface area (Å²) in [5, 5.41) is 0. The van der Waals surface area contributed by atoms with E-state index < -0.39 is 11.8 Å². The normalized spacial score (nSPS) is 10.3. The lowest BCUT2D eigenvalue weighted by atomic mass is 9.98. The number of hydrogen-bond acceptors (Lipinski definition) is 3. The van der Waals surface area contributed by atoms with E-state index in [1.807, 2.05) is 6.92 Å². The van der Waals surface area contributed by atoms with E-state index in [9.17, 15) is 9.18 Å². The number of methoxy groups -OCH3 is 1. The van der Waals surface area contributed by atoms with Gasteiger partial charge in [-0.05, 0) is 47.9 Å². The van der Waals surface area contributed by atoms with Gasteiger partial charge < -0.3 is 10.5 Å². The molecule has 3 nitrogen and oxygen atoms in total. The van der Waals surface area contributed by atoms with Crippen molar-refractivity contribution in [3.05, 3.63) is 53.3 Å². The van der Waals surface area contributed by atoms with Crippen LogP contribution in [0.3, 0.4) is 0 Å². The first-order valence-electron chi connectivity index (χ1n) is 5.77. The lowest BCUT2D eigenvalue weighted by Gasteiger charge is -2.09. The average Bonchev–Trinajstić information content (AvgIpc) is 2.41. The van der Waals surface area contributed by atoms with E-state index >= 15 is 0 Å². The lowest BCUT2D eigenvalue weighted by molar-refractivity contribution is 0.0600. The standard InChI is InChI=1S/C15H14FNO2/c1-9-7-11(15(18)19-2)3-5-12(9)10-4-6-14(17)13(16)8-10/h3-8H,17H2,1-2H3. The van der Waals surface area contributed by atoms with E-state index in [0.29, 0.717) is 5.56 Å². The van der Waals surface area contributed by atoms with E-state index in [2.05, 4.69) is 4.74 Å². The van der Waals surface area contributed by atoms with Crippen molar-refractivity contribution in [2.45, 2.75) is 6.92 Å². The van der Waals surface area contributed by atoms with Crippen molar-refractivity contribution in [2.75, 3.05) is 12.8 Å². The van der Waals surface area contributed by atoms with Gasteiger partial charge in [0.05, 0.1) is 18.4 Å². The van der Waals surface area contributed by atoms with Crippen LogP contribution in [-0.4, -0.2) is 13.1 Å². The maximum absolute atomic E-state index is 13.5. The Hall–Kier alpha value is -2.36. The molecule has 0 heterocycles. The first-order chi connectivity index (χ1) is 9.02. The number of anilines is 1. The maximum Gasteiger partial charge on any atom is 0.337 e. The molecule has 98 valence electrons. The number of benzene rings is 2. The van der Waals surface area contributed by atoms with Gasteiger partial charge in [-0.3, -0.25) is 0 Å². The van der Waals surface area contributed by atoms with Crippen molar-refractivity contribution in [1.82, 2.24) is 0 Å². The molecule has 2 N–H and O–H groups in total. The molecular weight excluding hydrogens is 245 g/mol. The highest BCUT2D eigenvalue weighted by Crippen LogP contribution is 2.26. The second-order valence-corrected chi connectivity index (χ2v) is 4.26. The smallest absolute Gasteiger partial charge is 0.337 e. The number of carbonyl (C=O) groups excluding carboxylic acids is 1. The van der Waals surface area contributed by atoms with Gasteiger partial charge in [0.25, 0.3) is 0 Å². The predicted octanol–water partition coefficient (Wildman–Crippen LogP) is 3.17. The van der Waals surface area contributed by atoms with Crippen LogP contribution in [0.25, 0.3) is 11.1 Å². The van der Waals surface area contributed by atoms with Crippen molar-refractivity contribution < 1.29 is 13.9 Å². The highest BCUT2D eigenvalue weighted by Gasteiger charge is 2.09. The monoisotopic (exact) mass is 259 g/mol. The van der Waals surface area contributed by atoms with E-state index in [4.69, 9.17) is 5.73 Å². The molecule has 0 aliphatic carbocycles. The van der Waals surface area contributed by atoms with Gasteiger partial charge in [0.1, 0.15) is 5.82 Å². The Balaban J connectivity index is 2.46. The zero-order chi connectivity index (χ0) is 14.0. The highest BCUT2D eigenvalue weighted by molar-refractivity contribution is 5.90. The van der Waals surface area contributed by atoms with Crippen LogP contribution >= 0.6 is 0 Å². The molecule has 4 heteroatoms. The van der Waals surface area contributed by atoms with E-state index in [0.717, 1.165) is 16.7 Å². The summed E-state index contributed by atoms with van der Waals surface area (Å²) in [4.78, 5) is 11.4. The van der Waals surface area contributed by atoms with Crippen LogP contribution in [-0.2, 0) is 4.74 Å². The molecule has 0 spiro atoms. The summed E-state index contributed by atoms with van der Waals surface area (Å²) >= 11 is 0. The number of aryl methyl sites for hydroxylation is 1. The number of carbonyl (C=O) groups is 1. The molecule has 0 saturated carbocycles. The van der Waals surface area contributed by atoms with Gasteiger partial charge in [0.2, 0.25) is 0 Å². The van der Waals surface area contributed by atoms with Crippen molar-refractivity contribution in [2.24, 2.45) is 0 Å². The van der Waals surface area contributed by atoms with Crippen molar-refractivity contribution >= 4 is 11.7 Å². The number of nitrogens with two attached hydrogens (primary N) is 1. The molecule has 19 heavy (non-hydrogen) atoms. The quantitative estimate of drug-likeness (QED) is 0.665. The molecular formula is C15H14FNO2. The first kappa shape index (κ1) is 13.1. The number of ether oxygens (including phenoxy) is 1. The minimum Gasteiger partial charge on any atom is -0.465 e. The number of nitrogen functional groups attached to an aromatic ring is 1. The highest BCUT2D eigenvalue weighted by atomic mass is 19.1. The molecule has 0 fully saturated rings. The SMILES string of the molecule is COC(=O)c1ccc(-c2ccc(N)c(F)c2)c(C)c1. The fourth-order valence-electron chi connectivity index (χ4n) is 1.93. The van der Waals surface area contributed by atoms with Crippen molar-refractivity contribution in [3.63, 3.8) is 0 Å². The van der Waals surface area contributed by atoms with Gasteiger partial charge >= 0.3 is 5.97 Å². The van der Waals surface area contributed by atoms with Gasteiger partial charge in [0, 0.05) is 0 Å². The van der Waals surface area contributed by atoms with Crippen molar-refractivity contribution in [3.8, 4) is 11.1 Å². The molecule has 0 unspecified atom stereocenters. The zero-order valence-electron chi connectivity index (χ0n) is 10.7. The first-order valence-corrected chi connectivity index (χ1v) is 5.77. The fraction of sp³-hybridized carbons (Fsp3) is 0.133. The van der Waals surface area contributed by atoms with Crippen molar-refractivity contribution in [1.29, 1.82) is 0 Å². The second-order valence-electron chi connectivity index (χ2n) is 4.26. The molecule has 0 aliphatic rings. The van der Waals surface area contributed by atoms with Crippen LogP contribution in [0.2, 0.25) is 0 Å². The van der Waals surface area contributed by atoms with Gasteiger partial charge in [0.15, 0.2) is 0 Å². The summed E-state index contributed by atoms with van der Waals surface area (Å²) in [5.74, 6) is -0.841. The lowest BCUT2D eigenvalue weighted by Crippen LogP contribution is -2.01. The molecule has 0 aliphatic heterocycles. The van der Waals surface area contributed by atoms with Crippen LogP contribution in [0, 0.1) is 12.7 Å². The van der Waals surface area contributed by atoms with Crippen LogP contribution in [0.1, 0.15) is 15.9 Å². The molecule has 0 aromatic heterocycles. The summed E-state index contributed by atoms with van der Waals surface area (Å²) in [7, 11) is 1.33. The van der Waals surface area contributed by atoms with Gasteiger partial charge in [-0.2, -0.15) is 0 Å². The summed E-state index contributed by atoms with van der Waals surface area (Å²) < 4.78 is 18.1. The number of halogens is 1. The zero-order valence-corrected chi connectivity index (χ0v) is 10.7. The molecule has 0 saturated heterocycles. The molecule has 0 amide bonds. The average molecular weight is 259 g/mol. The summed E-state index contributed by atoms with van der Waals surface area (Å²) in [5.41, 5.74) is 8.48. The van der Waals surface area contributed by atoms with Crippen LogP contribution < -0.4 is 5.73 Å². The largest absolute Gasteiger partial charge is 0.465 e.